The molecule has 0 fully saturated rings. The first kappa shape index (κ1) is 15.6. The van der Waals surface area contributed by atoms with Crippen molar-refractivity contribution in [1.29, 1.82) is 5.26 Å². The van der Waals surface area contributed by atoms with Crippen LogP contribution in [0.4, 0.5) is 5.69 Å². The maximum absolute atomic E-state index is 12.2. The zero-order valence-corrected chi connectivity index (χ0v) is 12.9. The Kier molecular flexibility index (Phi) is 4.80. The van der Waals surface area contributed by atoms with E-state index in [4.69, 9.17) is 10.00 Å². The van der Waals surface area contributed by atoms with E-state index >= 15 is 0 Å². The number of aryl methyl sites for hydroxylation is 1. The summed E-state index contributed by atoms with van der Waals surface area (Å²) in [5.74, 6) is 0.277. The molecule has 1 unspecified atom stereocenters. The number of hydrogen-bond donors (Lipinski definition) is 1. The molecule has 0 heterocycles. The van der Waals surface area contributed by atoms with Gasteiger partial charge in [0.25, 0.3) is 5.91 Å². The fraction of sp³-hybridized carbons (Fsp3) is 0.222. The molecule has 0 aromatic heterocycles. The summed E-state index contributed by atoms with van der Waals surface area (Å²) in [5.41, 5.74) is 3.44. The van der Waals surface area contributed by atoms with E-state index in [1.807, 2.05) is 38.1 Å². The van der Waals surface area contributed by atoms with Gasteiger partial charge in [-0.15, -0.1) is 0 Å². The number of nitriles is 1. The molecule has 2 rings (SSSR count). The first-order valence-electron chi connectivity index (χ1n) is 7.05. The monoisotopic (exact) mass is 294 g/mol. The molecule has 2 aromatic rings. The third kappa shape index (κ3) is 3.64. The topological polar surface area (TPSA) is 62.1 Å². The van der Waals surface area contributed by atoms with Crippen molar-refractivity contribution in [2.45, 2.75) is 26.9 Å². The summed E-state index contributed by atoms with van der Waals surface area (Å²) >= 11 is 0. The van der Waals surface area contributed by atoms with E-state index in [9.17, 15) is 4.79 Å². The van der Waals surface area contributed by atoms with Crippen LogP contribution in [0.1, 0.15) is 23.6 Å². The van der Waals surface area contributed by atoms with Crippen molar-refractivity contribution in [3.05, 3.63) is 59.2 Å². The van der Waals surface area contributed by atoms with Crippen LogP contribution in [0.25, 0.3) is 0 Å². The number of nitrogens with zero attached hydrogens (tertiary/aromatic N) is 1. The summed E-state index contributed by atoms with van der Waals surface area (Å²) in [5, 5.41) is 11.7. The Hall–Kier alpha value is -2.80. The van der Waals surface area contributed by atoms with E-state index in [0.29, 0.717) is 11.3 Å². The molecular formula is C18H18N2O2. The molecule has 0 aliphatic heterocycles. The number of carbonyl (C=O) groups excluding carboxylic acids is 1. The first-order chi connectivity index (χ1) is 10.5. The number of ether oxygens (including phenoxy) is 1. The predicted molar refractivity (Wildman–Crippen MR) is 85.8 cm³/mol. The number of carbonyl (C=O) groups is 1. The molecule has 1 N–H and O–H groups in total. The Balaban J connectivity index is 2.06. The van der Waals surface area contributed by atoms with Crippen LogP contribution in [-0.2, 0) is 4.79 Å². The van der Waals surface area contributed by atoms with Crippen LogP contribution in [0.3, 0.4) is 0 Å². The lowest BCUT2D eigenvalue weighted by Crippen LogP contribution is -2.30. The molecule has 4 nitrogen and oxygen atoms in total. The smallest absolute Gasteiger partial charge is 0.265 e. The van der Waals surface area contributed by atoms with Crippen molar-refractivity contribution in [2.24, 2.45) is 0 Å². The summed E-state index contributed by atoms with van der Waals surface area (Å²) < 4.78 is 5.60. The van der Waals surface area contributed by atoms with Crippen LogP contribution in [0.15, 0.2) is 42.5 Å². The van der Waals surface area contributed by atoms with Gasteiger partial charge in [0.1, 0.15) is 5.75 Å². The normalized spacial score (nSPS) is 11.4. The third-order valence-corrected chi connectivity index (χ3v) is 3.51. The van der Waals surface area contributed by atoms with Gasteiger partial charge in [-0.2, -0.15) is 5.26 Å². The van der Waals surface area contributed by atoms with Crippen molar-refractivity contribution < 1.29 is 9.53 Å². The van der Waals surface area contributed by atoms with E-state index in [-0.39, 0.29) is 5.91 Å². The lowest BCUT2D eigenvalue weighted by Gasteiger charge is -2.16. The minimum absolute atomic E-state index is 0.226. The zero-order chi connectivity index (χ0) is 16.1. The highest BCUT2D eigenvalue weighted by Crippen LogP contribution is 2.19. The standard InChI is InChI=1S/C18H18N2O2/c1-12-6-4-9-17(13(12)2)20-18(21)14(3)22-16-8-5-7-15(10-16)11-19/h4-10,14H,1-3H3,(H,20,21). The Morgan fingerprint density at radius 3 is 2.68 bits per heavy atom. The minimum atomic E-state index is -0.658. The summed E-state index contributed by atoms with van der Waals surface area (Å²) in [4.78, 5) is 12.2. The van der Waals surface area contributed by atoms with Gasteiger partial charge in [-0.3, -0.25) is 4.79 Å². The van der Waals surface area contributed by atoms with E-state index in [1.54, 1.807) is 31.2 Å². The number of nitrogens with one attached hydrogen (secondary N) is 1. The average Bonchev–Trinajstić information content (AvgIpc) is 2.52. The summed E-state index contributed by atoms with van der Waals surface area (Å²) in [6, 6.07) is 14.6. The average molecular weight is 294 g/mol. The highest BCUT2D eigenvalue weighted by atomic mass is 16.5. The molecule has 0 saturated heterocycles. The number of rotatable bonds is 4. The summed E-state index contributed by atoms with van der Waals surface area (Å²) in [6.07, 6.45) is -0.658. The van der Waals surface area contributed by atoms with Crippen LogP contribution in [0, 0.1) is 25.2 Å². The maximum atomic E-state index is 12.2. The van der Waals surface area contributed by atoms with Gasteiger partial charge in [0, 0.05) is 5.69 Å². The van der Waals surface area contributed by atoms with E-state index in [1.165, 1.54) is 0 Å². The van der Waals surface area contributed by atoms with Gasteiger partial charge in [0.05, 0.1) is 11.6 Å². The number of benzene rings is 2. The lowest BCUT2D eigenvalue weighted by atomic mass is 10.1. The molecule has 0 saturated carbocycles. The molecule has 1 atom stereocenters. The molecule has 0 aliphatic carbocycles. The van der Waals surface area contributed by atoms with Crippen molar-refractivity contribution in [1.82, 2.24) is 0 Å². The van der Waals surface area contributed by atoms with Crippen molar-refractivity contribution in [3.63, 3.8) is 0 Å². The van der Waals surface area contributed by atoms with Crippen molar-refractivity contribution in [2.75, 3.05) is 5.32 Å². The molecule has 0 radical (unpaired) electrons. The van der Waals surface area contributed by atoms with Gasteiger partial charge in [-0.1, -0.05) is 18.2 Å². The van der Waals surface area contributed by atoms with Gasteiger partial charge in [-0.05, 0) is 56.2 Å². The molecule has 2 aromatic carbocycles. The molecule has 112 valence electrons. The quantitative estimate of drug-likeness (QED) is 0.937. The van der Waals surface area contributed by atoms with Crippen LogP contribution in [0.2, 0.25) is 0 Å². The van der Waals surface area contributed by atoms with Crippen LogP contribution < -0.4 is 10.1 Å². The Bertz CT molecular complexity index is 732. The highest BCUT2D eigenvalue weighted by Gasteiger charge is 2.16. The van der Waals surface area contributed by atoms with Gasteiger partial charge in [0.2, 0.25) is 0 Å². The van der Waals surface area contributed by atoms with Crippen LogP contribution in [0.5, 0.6) is 5.75 Å². The Morgan fingerprint density at radius 2 is 1.95 bits per heavy atom. The molecule has 0 aliphatic rings. The second kappa shape index (κ2) is 6.77. The van der Waals surface area contributed by atoms with E-state index in [2.05, 4.69) is 5.32 Å². The molecular weight excluding hydrogens is 276 g/mol. The van der Waals surface area contributed by atoms with Gasteiger partial charge >= 0.3 is 0 Å². The first-order valence-corrected chi connectivity index (χ1v) is 7.05. The maximum Gasteiger partial charge on any atom is 0.265 e. The second-order valence-corrected chi connectivity index (χ2v) is 5.14. The Morgan fingerprint density at radius 1 is 1.23 bits per heavy atom. The second-order valence-electron chi connectivity index (χ2n) is 5.14. The van der Waals surface area contributed by atoms with E-state index in [0.717, 1.165) is 16.8 Å². The minimum Gasteiger partial charge on any atom is -0.481 e. The molecule has 0 spiro atoms. The Labute approximate surface area is 130 Å². The van der Waals surface area contributed by atoms with Crippen LogP contribution >= 0.6 is 0 Å². The SMILES string of the molecule is Cc1cccc(NC(=O)C(C)Oc2cccc(C#N)c2)c1C. The highest BCUT2D eigenvalue weighted by molar-refractivity contribution is 5.94. The number of hydrogen-bond acceptors (Lipinski definition) is 3. The predicted octanol–water partition coefficient (Wildman–Crippen LogP) is 3.58. The van der Waals surface area contributed by atoms with E-state index < -0.39 is 6.10 Å². The molecule has 1 amide bonds. The molecule has 4 heteroatoms. The number of amides is 1. The zero-order valence-electron chi connectivity index (χ0n) is 12.9. The van der Waals surface area contributed by atoms with Gasteiger partial charge in [0.15, 0.2) is 6.10 Å². The van der Waals surface area contributed by atoms with Crippen molar-refractivity contribution >= 4 is 11.6 Å². The third-order valence-electron chi connectivity index (χ3n) is 3.51. The fourth-order valence-corrected chi connectivity index (χ4v) is 2.02. The van der Waals surface area contributed by atoms with Gasteiger partial charge < -0.3 is 10.1 Å². The summed E-state index contributed by atoms with van der Waals surface area (Å²) in [7, 11) is 0. The van der Waals surface area contributed by atoms with Crippen molar-refractivity contribution in [3.8, 4) is 11.8 Å². The van der Waals surface area contributed by atoms with Gasteiger partial charge in [-0.25, -0.2) is 0 Å². The largest absolute Gasteiger partial charge is 0.481 e. The van der Waals surface area contributed by atoms with Crippen LogP contribution in [-0.4, -0.2) is 12.0 Å². The summed E-state index contributed by atoms with van der Waals surface area (Å²) in [6.45, 7) is 5.64. The lowest BCUT2D eigenvalue weighted by molar-refractivity contribution is -0.122. The molecule has 0 bridgehead atoms. The fourth-order valence-electron chi connectivity index (χ4n) is 2.02. The molecule has 22 heavy (non-hydrogen) atoms. The number of anilines is 1.